The van der Waals surface area contributed by atoms with Crippen LogP contribution in [0.15, 0.2) is 0 Å². The SMILES string of the molecule is C[C@@H](O)[C@@H]1CCCN(C(=O)CCN)C1. The summed E-state index contributed by atoms with van der Waals surface area (Å²) in [5, 5.41) is 9.44. The van der Waals surface area contributed by atoms with Crippen LogP contribution >= 0.6 is 0 Å². The van der Waals surface area contributed by atoms with Gasteiger partial charge in [-0.15, -0.1) is 0 Å². The molecule has 0 aliphatic carbocycles. The molecule has 0 aromatic rings. The lowest BCUT2D eigenvalue weighted by atomic mass is 9.93. The van der Waals surface area contributed by atoms with E-state index in [-0.39, 0.29) is 17.9 Å². The number of rotatable bonds is 3. The Morgan fingerprint density at radius 1 is 1.71 bits per heavy atom. The van der Waals surface area contributed by atoms with E-state index < -0.39 is 0 Å². The average Bonchev–Trinajstić information content (AvgIpc) is 2.18. The number of carbonyl (C=O) groups excluding carboxylic acids is 1. The van der Waals surface area contributed by atoms with E-state index in [9.17, 15) is 9.90 Å². The van der Waals surface area contributed by atoms with E-state index in [1.807, 2.05) is 4.90 Å². The number of carbonyl (C=O) groups is 1. The van der Waals surface area contributed by atoms with Crippen molar-refractivity contribution in [2.75, 3.05) is 19.6 Å². The summed E-state index contributed by atoms with van der Waals surface area (Å²) in [6.45, 7) is 3.72. The molecule has 0 unspecified atom stereocenters. The highest BCUT2D eigenvalue weighted by Gasteiger charge is 2.25. The quantitative estimate of drug-likeness (QED) is 0.671. The van der Waals surface area contributed by atoms with Crippen LogP contribution in [0.4, 0.5) is 0 Å². The molecule has 1 fully saturated rings. The minimum atomic E-state index is -0.316. The van der Waals surface area contributed by atoms with Crippen LogP contribution in [0.5, 0.6) is 0 Å². The van der Waals surface area contributed by atoms with Crippen molar-refractivity contribution in [2.45, 2.75) is 32.3 Å². The number of aliphatic hydroxyl groups excluding tert-OH is 1. The summed E-state index contributed by atoms with van der Waals surface area (Å²) in [6, 6.07) is 0. The Bertz CT molecular complexity index is 195. The van der Waals surface area contributed by atoms with Crippen molar-refractivity contribution in [1.82, 2.24) is 4.90 Å². The second-order valence-electron chi connectivity index (χ2n) is 4.02. The molecular weight excluding hydrogens is 180 g/mol. The van der Waals surface area contributed by atoms with E-state index in [0.29, 0.717) is 19.5 Å². The summed E-state index contributed by atoms with van der Waals surface area (Å²) in [5.74, 6) is 0.364. The maximum atomic E-state index is 11.5. The molecule has 0 aromatic carbocycles. The molecule has 1 heterocycles. The Hall–Kier alpha value is -0.610. The minimum absolute atomic E-state index is 0.123. The molecule has 1 amide bonds. The van der Waals surface area contributed by atoms with E-state index >= 15 is 0 Å². The van der Waals surface area contributed by atoms with E-state index in [1.165, 1.54) is 0 Å². The van der Waals surface area contributed by atoms with Crippen molar-refractivity contribution in [3.8, 4) is 0 Å². The number of nitrogens with two attached hydrogens (primary N) is 1. The fourth-order valence-electron chi connectivity index (χ4n) is 1.91. The van der Waals surface area contributed by atoms with Crippen LogP contribution in [0.3, 0.4) is 0 Å². The van der Waals surface area contributed by atoms with Gasteiger partial charge in [0.2, 0.25) is 5.91 Å². The summed E-state index contributed by atoms with van der Waals surface area (Å²) in [5.41, 5.74) is 5.33. The van der Waals surface area contributed by atoms with Crippen molar-refractivity contribution < 1.29 is 9.90 Å². The van der Waals surface area contributed by atoms with Crippen LogP contribution in [0.1, 0.15) is 26.2 Å². The Kier molecular flexibility index (Phi) is 4.35. The Morgan fingerprint density at radius 3 is 3.00 bits per heavy atom. The van der Waals surface area contributed by atoms with Crippen LogP contribution in [-0.4, -0.2) is 41.7 Å². The van der Waals surface area contributed by atoms with Crippen LogP contribution in [0.2, 0.25) is 0 Å². The van der Waals surface area contributed by atoms with Gasteiger partial charge < -0.3 is 15.7 Å². The summed E-state index contributed by atoms with van der Waals surface area (Å²) in [4.78, 5) is 13.4. The monoisotopic (exact) mass is 200 g/mol. The van der Waals surface area contributed by atoms with Gasteiger partial charge in [-0.1, -0.05) is 0 Å². The van der Waals surface area contributed by atoms with Crippen molar-refractivity contribution in [2.24, 2.45) is 11.7 Å². The lowest BCUT2D eigenvalue weighted by molar-refractivity contribution is -0.133. The smallest absolute Gasteiger partial charge is 0.223 e. The molecule has 1 rings (SSSR count). The van der Waals surface area contributed by atoms with E-state index in [1.54, 1.807) is 6.92 Å². The zero-order valence-electron chi connectivity index (χ0n) is 8.78. The molecule has 0 saturated carbocycles. The molecule has 0 aromatic heterocycles. The third-order valence-electron chi connectivity index (χ3n) is 2.85. The van der Waals surface area contributed by atoms with Crippen LogP contribution in [0, 0.1) is 5.92 Å². The summed E-state index contributed by atoms with van der Waals surface area (Å²) in [6.07, 6.45) is 2.12. The largest absolute Gasteiger partial charge is 0.393 e. The van der Waals surface area contributed by atoms with Crippen molar-refractivity contribution in [3.05, 3.63) is 0 Å². The van der Waals surface area contributed by atoms with Crippen LogP contribution in [0.25, 0.3) is 0 Å². The number of piperidine rings is 1. The lowest BCUT2D eigenvalue weighted by Gasteiger charge is -2.34. The zero-order valence-corrected chi connectivity index (χ0v) is 8.78. The Labute approximate surface area is 85.1 Å². The summed E-state index contributed by atoms with van der Waals surface area (Å²) >= 11 is 0. The fourth-order valence-corrected chi connectivity index (χ4v) is 1.91. The molecule has 2 atom stereocenters. The van der Waals surface area contributed by atoms with Gasteiger partial charge in [-0.2, -0.15) is 0 Å². The number of amides is 1. The van der Waals surface area contributed by atoms with Crippen molar-refractivity contribution in [3.63, 3.8) is 0 Å². The topological polar surface area (TPSA) is 66.6 Å². The highest BCUT2D eigenvalue weighted by molar-refractivity contribution is 5.76. The molecule has 14 heavy (non-hydrogen) atoms. The highest BCUT2D eigenvalue weighted by Crippen LogP contribution is 2.19. The number of nitrogens with zero attached hydrogens (tertiary/aromatic N) is 1. The number of hydrogen-bond acceptors (Lipinski definition) is 3. The molecule has 1 aliphatic heterocycles. The van der Waals surface area contributed by atoms with E-state index in [0.717, 1.165) is 19.4 Å². The van der Waals surface area contributed by atoms with Gasteiger partial charge in [0.1, 0.15) is 0 Å². The Morgan fingerprint density at radius 2 is 2.43 bits per heavy atom. The van der Waals surface area contributed by atoms with Gasteiger partial charge >= 0.3 is 0 Å². The van der Waals surface area contributed by atoms with Crippen LogP contribution in [-0.2, 0) is 4.79 Å². The van der Waals surface area contributed by atoms with Gasteiger partial charge in [0.25, 0.3) is 0 Å². The second kappa shape index (κ2) is 5.32. The van der Waals surface area contributed by atoms with E-state index in [4.69, 9.17) is 5.73 Å². The molecule has 1 saturated heterocycles. The van der Waals surface area contributed by atoms with Gasteiger partial charge in [0.15, 0.2) is 0 Å². The summed E-state index contributed by atoms with van der Waals surface area (Å²) < 4.78 is 0. The highest BCUT2D eigenvalue weighted by atomic mass is 16.3. The molecule has 0 bridgehead atoms. The molecule has 4 nitrogen and oxygen atoms in total. The first-order chi connectivity index (χ1) is 6.65. The second-order valence-corrected chi connectivity index (χ2v) is 4.02. The predicted octanol–water partition coefficient (Wildman–Crippen LogP) is -0.0454. The molecule has 0 radical (unpaired) electrons. The maximum absolute atomic E-state index is 11.5. The maximum Gasteiger partial charge on any atom is 0.223 e. The lowest BCUT2D eigenvalue weighted by Crippen LogP contribution is -2.43. The third kappa shape index (κ3) is 2.96. The Balaban J connectivity index is 2.43. The average molecular weight is 200 g/mol. The van der Waals surface area contributed by atoms with Gasteiger partial charge in [0, 0.05) is 32.0 Å². The minimum Gasteiger partial charge on any atom is -0.393 e. The molecular formula is C10H20N2O2. The number of hydrogen-bond donors (Lipinski definition) is 2. The van der Waals surface area contributed by atoms with Crippen LogP contribution < -0.4 is 5.73 Å². The third-order valence-corrected chi connectivity index (χ3v) is 2.85. The van der Waals surface area contributed by atoms with Gasteiger partial charge in [0.05, 0.1) is 6.10 Å². The standard InChI is InChI=1S/C10H20N2O2/c1-8(13)9-3-2-6-12(7-9)10(14)4-5-11/h8-9,13H,2-7,11H2,1H3/t8-,9-/m1/s1. The van der Waals surface area contributed by atoms with Crippen molar-refractivity contribution in [1.29, 1.82) is 0 Å². The normalized spacial score (nSPS) is 24.8. The molecule has 4 heteroatoms. The number of aliphatic hydroxyl groups is 1. The fraction of sp³-hybridized carbons (Fsp3) is 0.900. The van der Waals surface area contributed by atoms with Crippen molar-refractivity contribution >= 4 is 5.91 Å². The molecule has 1 aliphatic rings. The zero-order chi connectivity index (χ0) is 10.6. The van der Waals surface area contributed by atoms with E-state index in [2.05, 4.69) is 0 Å². The molecule has 82 valence electrons. The first-order valence-corrected chi connectivity index (χ1v) is 5.31. The predicted molar refractivity (Wildman–Crippen MR) is 54.7 cm³/mol. The van der Waals surface area contributed by atoms with Gasteiger partial charge in [-0.3, -0.25) is 4.79 Å². The number of likely N-dealkylation sites (tertiary alicyclic amines) is 1. The first kappa shape index (κ1) is 11.5. The van der Waals surface area contributed by atoms with Gasteiger partial charge in [-0.25, -0.2) is 0 Å². The summed E-state index contributed by atoms with van der Waals surface area (Å²) in [7, 11) is 0. The molecule has 0 spiro atoms. The first-order valence-electron chi connectivity index (χ1n) is 5.31. The van der Waals surface area contributed by atoms with Gasteiger partial charge in [-0.05, 0) is 19.8 Å². The molecule has 3 N–H and O–H groups in total.